The molecule has 10 aromatic carbocycles. The van der Waals surface area contributed by atoms with Gasteiger partial charge in [-0.25, -0.2) is 0 Å². The maximum absolute atomic E-state index is 2.53. The van der Waals surface area contributed by atoms with Crippen LogP contribution >= 0.6 is 0 Å². The van der Waals surface area contributed by atoms with Gasteiger partial charge in [-0.2, -0.15) is 0 Å². The Balaban J connectivity index is 1.11. The molecule has 0 radical (unpaired) electrons. The molecule has 0 N–H and O–H groups in total. The summed E-state index contributed by atoms with van der Waals surface area (Å²) >= 11 is 0. The van der Waals surface area contributed by atoms with Crippen LogP contribution in [0.15, 0.2) is 182 Å². The van der Waals surface area contributed by atoms with Crippen molar-refractivity contribution in [3.05, 3.63) is 204 Å². The summed E-state index contributed by atoms with van der Waals surface area (Å²) in [6.07, 6.45) is 0. The van der Waals surface area contributed by atoms with E-state index < -0.39 is 0 Å². The summed E-state index contributed by atoms with van der Waals surface area (Å²) < 4.78 is 0. The van der Waals surface area contributed by atoms with Gasteiger partial charge < -0.3 is 0 Å². The Morgan fingerprint density at radius 2 is 0.759 bits per heavy atom. The van der Waals surface area contributed by atoms with Crippen molar-refractivity contribution in [2.45, 2.75) is 38.5 Å². The van der Waals surface area contributed by atoms with Crippen molar-refractivity contribution in [3.8, 4) is 55.6 Å². The normalized spacial score (nSPS) is 14.5. The van der Waals surface area contributed by atoms with Crippen LogP contribution < -0.4 is 0 Å². The van der Waals surface area contributed by atoms with Crippen LogP contribution in [0.25, 0.3) is 98.7 Å². The van der Waals surface area contributed by atoms with Crippen LogP contribution in [0.4, 0.5) is 0 Å². The first-order chi connectivity index (χ1) is 28.3. The van der Waals surface area contributed by atoms with Gasteiger partial charge in [0.05, 0.1) is 0 Å². The molecule has 0 spiro atoms. The number of rotatable bonds is 3. The fourth-order valence-electron chi connectivity index (χ4n) is 11.0. The third-order valence-electron chi connectivity index (χ3n) is 13.8. The van der Waals surface area contributed by atoms with Crippen molar-refractivity contribution in [3.63, 3.8) is 0 Å². The Labute approximate surface area is 340 Å². The van der Waals surface area contributed by atoms with Gasteiger partial charge in [-0.15, -0.1) is 0 Å². The third kappa shape index (κ3) is 4.46. The number of benzene rings is 10. The molecule has 0 bridgehead atoms. The molecule has 0 aliphatic heterocycles. The molecule has 58 heavy (non-hydrogen) atoms. The molecule has 0 heterocycles. The quantitative estimate of drug-likeness (QED) is 0.158. The predicted octanol–water partition coefficient (Wildman–Crippen LogP) is 15.9. The van der Waals surface area contributed by atoms with Crippen LogP contribution in [0.3, 0.4) is 0 Å². The van der Waals surface area contributed by atoms with Gasteiger partial charge in [0.1, 0.15) is 0 Å². The second-order valence-electron chi connectivity index (χ2n) is 17.6. The fourth-order valence-corrected chi connectivity index (χ4v) is 11.0. The van der Waals surface area contributed by atoms with Crippen LogP contribution in [0, 0.1) is 0 Å². The van der Waals surface area contributed by atoms with Crippen LogP contribution in [0.1, 0.15) is 49.9 Å². The van der Waals surface area contributed by atoms with Crippen LogP contribution in [0.5, 0.6) is 0 Å². The van der Waals surface area contributed by atoms with Gasteiger partial charge in [-0.1, -0.05) is 185 Å². The molecule has 0 atom stereocenters. The molecule has 2 aliphatic rings. The van der Waals surface area contributed by atoms with E-state index in [9.17, 15) is 0 Å². The highest BCUT2D eigenvalue weighted by Gasteiger charge is 2.38. The zero-order chi connectivity index (χ0) is 38.9. The molecule has 10 aromatic rings. The molecule has 0 aromatic heterocycles. The predicted molar refractivity (Wildman–Crippen MR) is 248 cm³/mol. The lowest BCUT2D eigenvalue weighted by molar-refractivity contribution is 0.661. The SMILES string of the molecule is CC1(C)c2cc3ccccc3cc2-c2c(-c3cccc(-c4c5ccccc5c(-c5cc6c(c7ccccc57)-c5ccccc5C6(C)C)c5ccccc45)c3)cccc21. The van der Waals surface area contributed by atoms with Crippen LogP contribution in [-0.2, 0) is 10.8 Å². The smallest absolute Gasteiger partial charge is 0.0159 e. The molecule has 2 aliphatic carbocycles. The Kier molecular flexibility index (Phi) is 6.84. The topological polar surface area (TPSA) is 0 Å². The van der Waals surface area contributed by atoms with Gasteiger partial charge in [0, 0.05) is 10.8 Å². The van der Waals surface area contributed by atoms with E-state index in [2.05, 4.69) is 210 Å². The largest absolute Gasteiger partial charge is 0.0619 e. The molecule has 12 rings (SSSR count). The molecule has 0 nitrogen and oxygen atoms in total. The summed E-state index contributed by atoms with van der Waals surface area (Å²) in [6.45, 7) is 9.56. The van der Waals surface area contributed by atoms with E-state index in [0.29, 0.717) is 0 Å². The van der Waals surface area contributed by atoms with Crippen molar-refractivity contribution >= 4 is 43.1 Å². The lowest BCUT2D eigenvalue weighted by atomic mass is 9.79. The van der Waals surface area contributed by atoms with Crippen molar-refractivity contribution in [1.29, 1.82) is 0 Å². The molecule has 0 saturated heterocycles. The monoisotopic (exact) mass is 738 g/mol. The highest BCUT2D eigenvalue weighted by atomic mass is 14.4. The highest BCUT2D eigenvalue weighted by molar-refractivity contribution is 6.24. The Morgan fingerprint density at radius 3 is 1.47 bits per heavy atom. The van der Waals surface area contributed by atoms with Crippen molar-refractivity contribution in [2.24, 2.45) is 0 Å². The standard InChI is InChI=1S/C58H42/c1-57(2)49-29-14-13-27-46(49)56-41-22-8-7-21-40(41)47(34-52(56)57)54-44-25-11-9-23-42(44)53(43-24-10-12-26-45(43)54)38-20-15-19-37(31-38)39-28-16-30-50-55(39)48-32-35-17-5-6-18-36(35)33-51(48)58(50,3)4/h5-34H,1-4H3. The summed E-state index contributed by atoms with van der Waals surface area (Å²) in [5.74, 6) is 0. The molecular formula is C58H42. The molecule has 0 amide bonds. The van der Waals surface area contributed by atoms with Gasteiger partial charge in [0.15, 0.2) is 0 Å². The van der Waals surface area contributed by atoms with E-state index in [1.54, 1.807) is 0 Å². The zero-order valence-corrected chi connectivity index (χ0v) is 33.3. The van der Waals surface area contributed by atoms with Gasteiger partial charge in [-0.3, -0.25) is 0 Å². The van der Waals surface area contributed by atoms with Crippen LogP contribution in [-0.4, -0.2) is 0 Å². The van der Waals surface area contributed by atoms with Gasteiger partial charge in [0.25, 0.3) is 0 Å². The van der Waals surface area contributed by atoms with E-state index >= 15 is 0 Å². The average molecular weight is 739 g/mol. The molecule has 0 unspecified atom stereocenters. The van der Waals surface area contributed by atoms with Gasteiger partial charge in [0.2, 0.25) is 0 Å². The average Bonchev–Trinajstić information content (AvgIpc) is 3.63. The van der Waals surface area contributed by atoms with Crippen LogP contribution in [0.2, 0.25) is 0 Å². The van der Waals surface area contributed by atoms with E-state index in [0.717, 1.165) is 0 Å². The second-order valence-corrected chi connectivity index (χ2v) is 17.6. The molecule has 0 saturated carbocycles. The van der Waals surface area contributed by atoms with Gasteiger partial charge in [-0.05, 0) is 145 Å². The number of fused-ring (bicyclic) bond motifs is 11. The lowest BCUT2D eigenvalue weighted by Crippen LogP contribution is -2.15. The zero-order valence-electron chi connectivity index (χ0n) is 33.3. The minimum Gasteiger partial charge on any atom is -0.0619 e. The summed E-state index contributed by atoms with van der Waals surface area (Å²) in [7, 11) is 0. The first-order valence-corrected chi connectivity index (χ1v) is 20.7. The van der Waals surface area contributed by atoms with E-state index in [-0.39, 0.29) is 10.8 Å². The Bertz CT molecular complexity index is 3330. The second kappa shape index (κ2) is 11.9. The minimum atomic E-state index is -0.114. The Morgan fingerprint density at radius 1 is 0.259 bits per heavy atom. The molecule has 274 valence electrons. The summed E-state index contributed by atoms with van der Waals surface area (Å²) in [4.78, 5) is 0. The maximum atomic E-state index is 2.53. The highest BCUT2D eigenvalue weighted by Crippen LogP contribution is 2.56. The first kappa shape index (κ1) is 33.4. The summed E-state index contributed by atoms with van der Waals surface area (Å²) in [5.41, 5.74) is 18.5. The third-order valence-corrected chi connectivity index (χ3v) is 13.8. The lowest BCUT2D eigenvalue weighted by Gasteiger charge is -2.24. The number of hydrogen-bond donors (Lipinski definition) is 0. The molecular weight excluding hydrogens is 697 g/mol. The van der Waals surface area contributed by atoms with Crippen molar-refractivity contribution in [2.75, 3.05) is 0 Å². The van der Waals surface area contributed by atoms with E-state index in [1.807, 2.05) is 0 Å². The van der Waals surface area contributed by atoms with E-state index in [4.69, 9.17) is 0 Å². The number of hydrogen-bond acceptors (Lipinski definition) is 0. The first-order valence-electron chi connectivity index (χ1n) is 20.7. The fraction of sp³-hybridized carbons (Fsp3) is 0.103. The van der Waals surface area contributed by atoms with Gasteiger partial charge >= 0.3 is 0 Å². The Hall–Kier alpha value is -6.76. The maximum Gasteiger partial charge on any atom is 0.0159 e. The molecule has 0 heteroatoms. The summed E-state index contributed by atoms with van der Waals surface area (Å²) in [6, 6.07) is 68.7. The van der Waals surface area contributed by atoms with Crippen molar-refractivity contribution < 1.29 is 0 Å². The van der Waals surface area contributed by atoms with E-state index in [1.165, 1.54) is 121 Å². The minimum absolute atomic E-state index is 0.0930. The van der Waals surface area contributed by atoms with Crippen molar-refractivity contribution in [1.82, 2.24) is 0 Å². The summed E-state index contributed by atoms with van der Waals surface area (Å²) in [5, 5.41) is 10.3. The molecule has 0 fully saturated rings.